The Morgan fingerprint density at radius 3 is 2.44 bits per heavy atom. The van der Waals surface area contributed by atoms with E-state index in [9.17, 15) is 4.79 Å². The maximum absolute atomic E-state index is 11.6. The van der Waals surface area contributed by atoms with Gasteiger partial charge < -0.3 is 25.8 Å². The molecule has 0 radical (unpaired) electrons. The summed E-state index contributed by atoms with van der Waals surface area (Å²) in [6.45, 7) is 7.02. The minimum Gasteiger partial charge on any atom is -0.457 e. The van der Waals surface area contributed by atoms with E-state index in [-0.39, 0.29) is 17.6 Å². The van der Waals surface area contributed by atoms with Crippen molar-refractivity contribution >= 4 is 28.8 Å². The molecule has 3 heterocycles. The van der Waals surface area contributed by atoms with Crippen LogP contribution < -0.4 is 21.1 Å². The lowest BCUT2D eigenvalue weighted by Crippen LogP contribution is -2.47. The van der Waals surface area contributed by atoms with Crippen molar-refractivity contribution in [1.29, 1.82) is 0 Å². The van der Waals surface area contributed by atoms with Gasteiger partial charge in [-0.1, -0.05) is 51.1 Å². The first kappa shape index (κ1) is 23.5. The van der Waals surface area contributed by atoms with Gasteiger partial charge in [0.2, 0.25) is 0 Å². The highest BCUT2D eigenvalue weighted by atomic mass is 16.6. The summed E-state index contributed by atoms with van der Waals surface area (Å²) in [6.07, 6.45) is -0.436. The Morgan fingerprint density at radius 2 is 1.78 bits per heavy atom. The van der Waals surface area contributed by atoms with Crippen LogP contribution in [0.25, 0.3) is 22.2 Å². The number of benzene rings is 2. The maximum Gasteiger partial charge on any atom is 0.404 e. The van der Waals surface area contributed by atoms with Crippen LogP contribution in [0.5, 0.6) is 11.5 Å². The number of hydrogen-bond donors (Lipinski definition) is 3. The zero-order chi connectivity index (χ0) is 25.4. The average Bonchev–Trinajstić information content (AvgIpc) is 3.43. The van der Waals surface area contributed by atoms with E-state index in [0.717, 1.165) is 33.8 Å². The molecule has 2 atom stereocenters. The van der Waals surface area contributed by atoms with Crippen LogP contribution >= 0.6 is 0 Å². The van der Waals surface area contributed by atoms with Gasteiger partial charge >= 0.3 is 6.09 Å². The van der Waals surface area contributed by atoms with Gasteiger partial charge in [-0.15, -0.1) is 0 Å². The van der Waals surface area contributed by atoms with Crippen LogP contribution in [0.1, 0.15) is 27.2 Å². The lowest BCUT2D eigenvalue weighted by Gasteiger charge is -2.38. The molecule has 1 amide bonds. The van der Waals surface area contributed by atoms with Crippen molar-refractivity contribution in [2.24, 2.45) is 11.1 Å². The number of para-hydroxylation sites is 1. The van der Waals surface area contributed by atoms with E-state index >= 15 is 0 Å². The smallest absolute Gasteiger partial charge is 0.404 e. The summed E-state index contributed by atoms with van der Waals surface area (Å²) in [6, 6.07) is 19.4. The number of carbonyl (C=O) groups is 1. The van der Waals surface area contributed by atoms with E-state index in [1.165, 1.54) is 0 Å². The van der Waals surface area contributed by atoms with Gasteiger partial charge in [-0.25, -0.2) is 9.78 Å². The normalized spacial score (nSPS) is 17.9. The maximum atomic E-state index is 11.6. The minimum absolute atomic E-state index is 0.110. The van der Waals surface area contributed by atoms with Crippen molar-refractivity contribution in [1.82, 2.24) is 15.2 Å². The molecule has 5 N–H and O–H groups in total. The van der Waals surface area contributed by atoms with E-state index < -0.39 is 6.09 Å². The molecule has 1 fully saturated rings. The molecule has 1 aliphatic heterocycles. The van der Waals surface area contributed by atoms with Crippen LogP contribution in [0.4, 0.5) is 16.4 Å². The number of rotatable bonds is 5. The second-order valence-corrected chi connectivity index (χ2v) is 10.1. The Kier molecular flexibility index (Phi) is 5.91. The highest BCUT2D eigenvalue weighted by Gasteiger charge is 2.44. The van der Waals surface area contributed by atoms with E-state index in [0.29, 0.717) is 24.4 Å². The van der Waals surface area contributed by atoms with Crippen molar-refractivity contribution in [2.75, 3.05) is 17.2 Å². The van der Waals surface area contributed by atoms with Crippen molar-refractivity contribution in [3.8, 4) is 22.6 Å². The quantitative estimate of drug-likeness (QED) is 0.358. The molecule has 0 aliphatic carbocycles. The standard InChI is InChI=1S/C27H30N6O3/c1-27(2,3)23-20(36-26(29)34)13-14-33(23)21-15-19(22-24(28)31-32-25(22)30-21)16-9-11-18(12-10-16)35-17-7-5-4-6-8-17/h4-12,15,20,23H,13-14H2,1-3H3,(H2,29,34)(H3,28,30,31,32). The lowest BCUT2D eigenvalue weighted by molar-refractivity contribution is 0.0753. The predicted molar refractivity (Wildman–Crippen MR) is 140 cm³/mol. The number of ether oxygens (including phenoxy) is 2. The van der Waals surface area contributed by atoms with Crippen LogP contribution in [0, 0.1) is 5.41 Å². The van der Waals surface area contributed by atoms with Crippen LogP contribution in [0.2, 0.25) is 0 Å². The topological polar surface area (TPSA) is 132 Å². The van der Waals surface area contributed by atoms with Gasteiger partial charge in [0.25, 0.3) is 0 Å². The molecule has 5 rings (SSSR count). The van der Waals surface area contributed by atoms with Gasteiger partial charge in [-0.05, 0) is 41.3 Å². The first-order valence-corrected chi connectivity index (χ1v) is 11.9. The van der Waals surface area contributed by atoms with Gasteiger partial charge in [0, 0.05) is 18.5 Å². The number of fused-ring (bicyclic) bond motifs is 1. The van der Waals surface area contributed by atoms with Gasteiger partial charge in [-0.3, -0.25) is 5.10 Å². The zero-order valence-corrected chi connectivity index (χ0v) is 20.6. The molecular weight excluding hydrogens is 456 g/mol. The largest absolute Gasteiger partial charge is 0.457 e. The number of nitrogen functional groups attached to an aromatic ring is 1. The van der Waals surface area contributed by atoms with Gasteiger partial charge in [-0.2, -0.15) is 5.10 Å². The van der Waals surface area contributed by atoms with Gasteiger partial charge in [0.1, 0.15) is 29.2 Å². The highest BCUT2D eigenvalue weighted by molar-refractivity contribution is 6.01. The molecule has 9 heteroatoms. The third-order valence-electron chi connectivity index (χ3n) is 6.47. The third kappa shape index (κ3) is 4.51. The number of nitrogens with one attached hydrogen (secondary N) is 1. The summed E-state index contributed by atoms with van der Waals surface area (Å²) >= 11 is 0. The fourth-order valence-corrected chi connectivity index (χ4v) is 5.05. The van der Waals surface area contributed by atoms with E-state index in [1.54, 1.807) is 0 Å². The van der Waals surface area contributed by atoms with Crippen molar-refractivity contribution in [2.45, 2.75) is 39.3 Å². The molecule has 2 unspecified atom stereocenters. The SMILES string of the molecule is CC(C)(C)C1C(OC(N)=O)CCN1c1cc(-c2ccc(Oc3ccccc3)cc2)c2c(N)[nH]nc2n1. The average molecular weight is 487 g/mol. The summed E-state index contributed by atoms with van der Waals surface area (Å²) in [7, 11) is 0. The molecule has 186 valence electrons. The highest BCUT2D eigenvalue weighted by Crippen LogP contribution is 2.40. The number of anilines is 2. The Hall–Kier alpha value is -4.27. The summed E-state index contributed by atoms with van der Waals surface area (Å²) in [4.78, 5) is 18.6. The summed E-state index contributed by atoms with van der Waals surface area (Å²) in [5.41, 5.74) is 13.8. The number of carbonyl (C=O) groups excluding carboxylic acids is 1. The number of nitrogens with two attached hydrogens (primary N) is 2. The van der Waals surface area contributed by atoms with Crippen LogP contribution in [0.3, 0.4) is 0 Å². The molecule has 0 spiro atoms. The first-order chi connectivity index (χ1) is 17.2. The molecule has 4 aromatic rings. The monoisotopic (exact) mass is 486 g/mol. The summed E-state index contributed by atoms with van der Waals surface area (Å²) in [5.74, 6) is 2.69. The van der Waals surface area contributed by atoms with E-state index in [2.05, 4.69) is 35.9 Å². The minimum atomic E-state index is -0.766. The van der Waals surface area contributed by atoms with Crippen molar-refractivity contribution in [3.63, 3.8) is 0 Å². The number of aromatic nitrogens is 3. The first-order valence-electron chi connectivity index (χ1n) is 11.9. The molecule has 2 aromatic carbocycles. The van der Waals surface area contributed by atoms with Crippen molar-refractivity contribution < 1.29 is 14.3 Å². The molecular formula is C27H30N6O3. The van der Waals surface area contributed by atoms with E-state index in [1.807, 2.05) is 60.7 Å². The third-order valence-corrected chi connectivity index (χ3v) is 6.47. The number of amides is 1. The lowest BCUT2D eigenvalue weighted by atomic mass is 9.83. The Bertz CT molecular complexity index is 1380. The fraction of sp³-hybridized carbons (Fsp3) is 0.296. The number of primary amides is 1. The number of H-pyrrole nitrogens is 1. The van der Waals surface area contributed by atoms with E-state index in [4.69, 9.17) is 25.9 Å². The second-order valence-electron chi connectivity index (χ2n) is 10.1. The number of aromatic amines is 1. The summed E-state index contributed by atoms with van der Waals surface area (Å²) in [5, 5.41) is 7.96. The Balaban J connectivity index is 1.53. The predicted octanol–water partition coefficient (Wildman–Crippen LogP) is 5.09. The van der Waals surface area contributed by atoms with Crippen LogP contribution in [-0.4, -0.2) is 40.0 Å². The molecule has 36 heavy (non-hydrogen) atoms. The van der Waals surface area contributed by atoms with Gasteiger partial charge in [0.15, 0.2) is 5.65 Å². The second kappa shape index (κ2) is 9.07. The molecule has 9 nitrogen and oxygen atoms in total. The number of pyridine rings is 1. The molecule has 2 aromatic heterocycles. The Morgan fingerprint density at radius 1 is 1.08 bits per heavy atom. The number of hydrogen-bond acceptors (Lipinski definition) is 7. The fourth-order valence-electron chi connectivity index (χ4n) is 5.05. The molecule has 1 saturated heterocycles. The van der Waals surface area contributed by atoms with Crippen LogP contribution in [0.15, 0.2) is 60.7 Å². The van der Waals surface area contributed by atoms with Crippen molar-refractivity contribution in [3.05, 3.63) is 60.7 Å². The summed E-state index contributed by atoms with van der Waals surface area (Å²) < 4.78 is 11.4. The van der Waals surface area contributed by atoms with Crippen LogP contribution in [-0.2, 0) is 4.74 Å². The molecule has 0 bridgehead atoms. The van der Waals surface area contributed by atoms with Gasteiger partial charge in [0.05, 0.1) is 11.4 Å². The Labute approximate surface area is 209 Å². The zero-order valence-electron chi connectivity index (χ0n) is 20.6. The molecule has 0 saturated carbocycles. The number of nitrogens with zero attached hydrogens (tertiary/aromatic N) is 3. The molecule has 1 aliphatic rings.